The molecule has 0 aliphatic rings. The maximum absolute atomic E-state index is 13.9. The average Bonchev–Trinajstić information content (AvgIpc) is 2.81. The third-order valence-corrected chi connectivity index (χ3v) is 3.56. The van der Waals surface area contributed by atoms with Crippen LogP contribution in [0, 0.1) is 11.6 Å². The molecule has 0 aliphatic heterocycles. The van der Waals surface area contributed by atoms with Crippen molar-refractivity contribution in [3.8, 4) is 0 Å². The van der Waals surface area contributed by atoms with Crippen LogP contribution in [0.15, 0.2) is 35.1 Å². The lowest BCUT2D eigenvalue weighted by Gasteiger charge is -2.14. The fourth-order valence-corrected chi connectivity index (χ4v) is 2.35. The minimum atomic E-state index is -0.875. The van der Waals surface area contributed by atoms with E-state index in [9.17, 15) is 13.6 Å². The molecule has 0 aliphatic carbocycles. The monoisotopic (exact) mass is 309 g/mol. The van der Waals surface area contributed by atoms with E-state index in [0.717, 1.165) is 12.1 Å². The summed E-state index contributed by atoms with van der Waals surface area (Å²) < 4.78 is 27.4. The molecule has 0 radical (unpaired) electrons. The third kappa shape index (κ3) is 2.43. The number of benzene rings is 2. The van der Waals surface area contributed by atoms with Gasteiger partial charge in [-0.2, -0.15) is 0 Å². The second-order valence-corrected chi connectivity index (χ2v) is 5.06. The van der Waals surface area contributed by atoms with Crippen molar-refractivity contribution >= 4 is 22.6 Å². The maximum Gasteiger partial charge on any atom is 0.323 e. The molecule has 3 aromatic rings. The Morgan fingerprint density at radius 3 is 2.52 bits per heavy atom. The number of hydrogen-bond acceptors (Lipinski definition) is 2. The van der Waals surface area contributed by atoms with Crippen molar-refractivity contribution in [2.24, 2.45) is 5.73 Å². The Hall–Kier alpha value is -2.18. The van der Waals surface area contributed by atoms with Crippen LogP contribution in [0.1, 0.15) is 17.2 Å². The highest BCUT2D eigenvalue weighted by Crippen LogP contribution is 2.27. The third-order valence-electron chi connectivity index (χ3n) is 3.27. The fourth-order valence-electron chi connectivity index (χ4n) is 2.20. The zero-order chi connectivity index (χ0) is 15.1. The Labute approximate surface area is 122 Å². The lowest BCUT2D eigenvalue weighted by Crippen LogP contribution is -2.14. The van der Waals surface area contributed by atoms with Crippen LogP contribution < -0.4 is 11.4 Å². The van der Waals surface area contributed by atoms with Gasteiger partial charge in [0.15, 0.2) is 0 Å². The fraction of sp³-hybridized carbons (Fsp3) is 0.0714. The van der Waals surface area contributed by atoms with Crippen molar-refractivity contribution in [3.63, 3.8) is 0 Å². The molecule has 0 saturated carbocycles. The lowest BCUT2D eigenvalue weighted by atomic mass is 9.98. The minimum absolute atomic E-state index is 0.00543. The Kier molecular flexibility index (Phi) is 3.27. The van der Waals surface area contributed by atoms with E-state index < -0.39 is 17.7 Å². The summed E-state index contributed by atoms with van der Waals surface area (Å²) in [6.07, 6.45) is 0. The Morgan fingerprint density at radius 2 is 1.76 bits per heavy atom. The van der Waals surface area contributed by atoms with Crippen LogP contribution in [0.4, 0.5) is 8.78 Å². The van der Waals surface area contributed by atoms with Crippen LogP contribution in [0.2, 0.25) is 5.02 Å². The average molecular weight is 310 g/mol. The largest absolute Gasteiger partial charge is 0.323 e. The van der Waals surface area contributed by atoms with Gasteiger partial charge in [0, 0.05) is 5.56 Å². The molecule has 1 unspecified atom stereocenters. The van der Waals surface area contributed by atoms with Crippen molar-refractivity contribution in [2.45, 2.75) is 6.04 Å². The van der Waals surface area contributed by atoms with Crippen molar-refractivity contribution in [1.82, 2.24) is 9.97 Å². The van der Waals surface area contributed by atoms with Crippen LogP contribution in [0.3, 0.4) is 0 Å². The summed E-state index contributed by atoms with van der Waals surface area (Å²) in [5, 5.41) is -0.297. The molecule has 0 bridgehead atoms. The van der Waals surface area contributed by atoms with E-state index in [1.807, 2.05) is 0 Å². The van der Waals surface area contributed by atoms with Crippen molar-refractivity contribution in [2.75, 3.05) is 0 Å². The quantitative estimate of drug-likeness (QED) is 0.637. The van der Waals surface area contributed by atoms with E-state index in [-0.39, 0.29) is 16.3 Å². The summed E-state index contributed by atoms with van der Waals surface area (Å²) in [6.45, 7) is 0. The zero-order valence-electron chi connectivity index (χ0n) is 10.6. The number of aromatic nitrogens is 2. The smallest absolute Gasteiger partial charge is 0.320 e. The highest BCUT2D eigenvalue weighted by atomic mass is 35.5. The summed E-state index contributed by atoms with van der Waals surface area (Å²) in [7, 11) is 0. The summed E-state index contributed by atoms with van der Waals surface area (Å²) in [4.78, 5) is 16.4. The molecule has 7 heteroatoms. The van der Waals surface area contributed by atoms with Crippen molar-refractivity contribution in [1.29, 1.82) is 0 Å². The van der Waals surface area contributed by atoms with E-state index in [0.29, 0.717) is 16.6 Å². The lowest BCUT2D eigenvalue weighted by molar-refractivity contribution is 0.577. The van der Waals surface area contributed by atoms with Gasteiger partial charge in [0.05, 0.1) is 22.1 Å². The van der Waals surface area contributed by atoms with Gasteiger partial charge in [-0.05, 0) is 29.8 Å². The van der Waals surface area contributed by atoms with Gasteiger partial charge < -0.3 is 15.7 Å². The molecule has 1 atom stereocenters. The molecule has 3 rings (SSSR count). The van der Waals surface area contributed by atoms with E-state index in [1.165, 1.54) is 0 Å². The molecule has 0 amide bonds. The number of nitrogens with one attached hydrogen (secondary N) is 2. The number of rotatable bonds is 2. The second-order valence-electron chi connectivity index (χ2n) is 4.65. The molecule has 1 aromatic heterocycles. The van der Waals surface area contributed by atoms with Gasteiger partial charge in [0.1, 0.15) is 11.6 Å². The predicted molar refractivity (Wildman–Crippen MR) is 76.3 cm³/mol. The first-order valence-corrected chi connectivity index (χ1v) is 6.45. The van der Waals surface area contributed by atoms with Gasteiger partial charge >= 0.3 is 5.69 Å². The summed E-state index contributed by atoms with van der Waals surface area (Å²) in [5.41, 5.74) is 7.32. The maximum atomic E-state index is 13.9. The molecule has 1 heterocycles. The zero-order valence-corrected chi connectivity index (χ0v) is 11.3. The highest BCUT2D eigenvalue weighted by Gasteiger charge is 2.17. The number of fused-ring (bicyclic) bond motifs is 1. The molecule has 4 nitrogen and oxygen atoms in total. The minimum Gasteiger partial charge on any atom is -0.320 e. The number of H-pyrrole nitrogens is 2. The van der Waals surface area contributed by atoms with Crippen LogP contribution >= 0.6 is 11.6 Å². The van der Waals surface area contributed by atoms with Crippen LogP contribution in [-0.4, -0.2) is 9.97 Å². The molecule has 0 spiro atoms. The van der Waals surface area contributed by atoms with Gasteiger partial charge in [-0.1, -0.05) is 17.7 Å². The summed E-state index contributed by atoms with van der Waals surface area (Å²) in [6, 6.07) is 5.90. The van der Waals surface area contributed by atoms with Gasteiger partial charge in [0.2, 0.25) is 0 Å². The SMILES string of the molecule is NC(c1ccc2[nH]c(=O)[nH]c2c1)c1cc(F)c(Cl)cc1F. The van der Waals surface area contributed by atoms with E-state index in [2.05, 4.69) is 9.97 Å². The first-order valence-electron chi connectivity index (χ1n) is 6.07. The predicted octanol–water partition coefficient (Wildman–Crippen LogP) is 2.84. The first-order chi connectivity index (χ1) is 9.95. The topological polar surface area (TPSA) is 74.7 Å². The number of nitrogens with two attached hydrogens (primary N) is 1. The molecular weight excluding hydrogens is 300 g/mol. The molecule has 0 saturated heterocycles. The molecule has 108 valence electrons. The molecule has 0 fully saturated rings. The van der Waals surface area contributed by atoms with Crippen LogP contribution in [-0.2, 0) is 0 Å². The molecular formula is C14H10ClF2N3O. The number of hydrogen-bond donors (Lipinski definition) is 3. The van der Waals surface area contributed by atoms with Gasteiger partial charge in [-0.25, -0.2) is 13.6 Å². The van der Waals surface area contributed by atoms with E-state index in [4.69, 9.17) is 17.3 Å². The molecule has 4 N–H and O–H groups in total. The normalized spacial score (nSPS) is 12.8. The van der Waals surface area contributed by atoms with Gasteiger partial charge in [-0.3, -0.25) is 0 Å². The number of imidazole rings is 1. The van der Waals surface area contributed by atoms with Crippen molar-refractivity contribution in [3.05, 3.63) is 68.6 Å². The van der Waals surface area contributed by atoms with Crippen LogP contribution in [0.25, 0.3) is 11.0 Å². The van der Waals surface area contributed by atoms with E-state index in [1.54, 1.807) is 18.2 Å². The van der Waals surface area contributed by atoms with Gasteiger partial charge in [-0.15, -0.1) is 0 Å². The standard InChI is InChI=1S/C14H10ClF2N3O/c15-8-5-9(16)7(4-10(8)17)13(18)6-1-2-11-12(3-6)20-14(21)19-11/h1-5,13H,18H2,(H2,19,20,21). The molecule has 21 heavy (non-hydrogen) atoms. The molecule has 2 aromatic carbocycles. The first kappa shape index (κ1) is 13.8. The Bertz CT molecular complexity index is 888. The van der Waals surface area contributed by atoms with Crippen LogP contribution in [0.5, 0.6) is 0 Å². The van der Waals surface area contributed by atoms with Gasteiger partial charge in [0.25, 0.3) is 0 Å². The number of aromatic amines is 2. The highest BCUT2D eigenvalue weighted by molar-refractivity contribution is 6.30. The number of halogens is 3. The van der Waals surface area contributed by atoms with E-state index >= 15 is 0 Å². The Balaban J connectivity index is 2.09. The summed E-state index contributed by atoms with van der Waals surface area (Å²) >= 11 is 5.52. The second kappa shape index (κ2) is 4.98. The van der Waals surface area contributed by atoms with Crippen molar-refractivity contribution < 1.29 is 8.78 Å². The Morgan fingerprint density at radius 1 is 1.05 bits per heavy atom. The summed E-state index contributed by atoms with van der Waals surface area (Å²) in [5.74, 6) is -1.42.